The van der Waals surface area contributed by atoms with E-state index in [9.17, 15) is 4.79 Å². The molecule has 4 heteroatoms. The Morgan fingerprint density at radius 2 is 2.38 bits per heavy atom. The minimum Gasteiger partial charge on any atom is -0.381 e. The second-order valence-corrected chi connectivity index (χ2v) is 4.40. The summed E-state index contributed by atoms with van der Waals surface area (Å²) in [6, 6.07) is 0. The lowest BCUT2D eigenvalue weighted by molar-refractivity contribution is 0.0792. The predicted octanol–water partition coefficient (Wildman–Crippen LogP) is 3.12. The molecule has 0 spiro atoms. The quantitative estimate of drug-likeness (QED) is 0.780. The topological polar surface area (TPSA) is 26.3 Å². The number of ketones is 1. The van der Waals surface area contributed by atoms with Crippen LogP contribution in [0.25, 0.3) is 0 Å². The van der Waals surface area contributed by atoms with E-state index < -0.39 is 0 Å². The van der Waals surface area contributed by atoms with Gasteiger partial charge in [-0.3, -0.25) is 4.79 Å². The second-order valence-electron chi connectivity index (χ2n) is 2.81. The Bertz CT molecular complexity index is 296. The minimum atomic E-state index is -0.0145. The molecule has 0 aromatic carbocycles. The summed E-state index contributed by atoms with van der Waals surface area (Å²) in [4.78, 5) is 11.6. The van der Waals surface area contributed by atoms with Gasteiger partial charge in [0.25, 0.3) is 0 Å². The smallest absolute Gasteiger partial charge is 0.167 e. The van der Waals surface area contributed by atoms with E-state index in [2.05, 4.69) is 15.9 Å². The molecule has 2 nitrogen and oxygen atoms in total. The van der Waals surface area contributed by atoms with Gasteiger partial charge in [0.15, 0.2) is 5.78 Å². The summed E-state index contributed by atoms with van der Waals surface area (Å²) in [5.41, 5.74) is 0.758. The van der Waals surface area contributed by atoms with Crippen LogP contribution in [0.4, 0.5) is 0 Å². The molecule has 0 aliphatic carbocycles. The lowest BCUT2D eigenvalue weighted by Gasteiger charge is -2.07. The van der Waals surface area contributed by atoms with E-state index in [1.807, 2.05) is 17.7 Å². The SMILES string of the molecule is COC(C)CC(=O)c1cscc1Br. The van der Waals surface area contributed by atoms with Crippen LogP contribution in [0.2, 0.25) is 0 Å². The molecule has 72 valence electrons. The number of rotatable bonds is 4. The highest BCUT2D eigenvalue weighted by atomic mass is 79.9. The van der Waals surface area contributed by atoms with E-state index in [-0.39, 0.29) is 11.9 Å². The first kappa shape index (κ1) is 10.9. The molecule has 0 saturated carbocycles. The van der Waals surface area contributed by atoms with Crippen LogP contribution in [0.15, 0.2) is 15.2 Å². The predicted molar refractivity (Wildman–Crippen MR) is 57.4 cm³/mol. The van der Waals surface area contributed by atoms with Crippen molar-refractivity contribution < 1.29 is 9.53 Å². The minimum absolute atomic E-state index is 0.0145. The van der Waals surface area contributed by atoms with Gasteiger partial charge < -0.3 is 4.74 Å². The lowest BCUT2D eigenvalue weighted by atomic mass is 10.1. The van der Waals surface area contributed by atoms with Gasteiger partial charge in [0, 0.05) is 34.3 Å². The number of carbonyl (C=O) groups excluding carboxylic acids is 1. The number of methoxy groups -OCH3 is 1. The molecular formula is C9H11BrO2S. The normalized spacial score (nSPS) is 12.8. The van der Waals surface area contributed by atoms with Crippen molar-refractivity contribution in [2.75, 3.05) is 7.11 Å². The van der Waals surface area contributed by atoms with Crippen molar-refractivity contribution in [1.82, 2.24) is 0 Å². The first-order chi connectivity index (χ1) is 6.15. The third-order valence-corrected chi connectivity index (χ3v) is 3.49. The molecule has 1 aromatic rings. The number of hydrogen-bond acceptors (Lipinski definition) is 3. The number of ether oxygens (including phenoxy) is 1. The van der Waals surface area contributed by atoms with Crippen LogP contribution >= 0.6 is 27.3 Å². The molecule has 0 N–H and O–H groups in total. The van der Waals surface area contributed by atoms with Crippen LogP contribution in [0, 0.1) is 0 Å². The van der Waals surface area contributed by atoms with Gasteiger partial charge in [0.2, 0.25) is 0 Å². The van der Waals surface area contributed by atoms with E-state index in [1.54, 1.807) is 7.11 Å². The number of Topliss-reactive ketones (excluding diaryl/α,β-unsaturated/α-hetero) is 1. The average molecular weight is 263 g/mol. The summed E-state index contributed by atoms with van der Waals surface area (Å²) in [6.45, 7) is 1.89. The second kappa shape index (κ2) is 4.88. The maximum Gasteiger partial charge on any atom is 0.167 e. The Labute approximate surface area is 90.0 Å². The van der Waals surface area contributed by atoms with Gasteiger partial charge in [0.05, 0.1) is 6.10 Å². The van der Waals surface area contributed by atoms with E-state index in [0.717, 1.165) is 10.0 Å². The Kier molecular flexibility index (Phi) is 4.09. The molecule has 0 bridgehead atoms. The number of thiophene rings is 1. The zero-order valence-corrected chi connectivity index (χ0v) is 9.94. The first-order valence-electron chi connectivity index (χ1n) is 3.92. The molecule has 0 aliphatic rings. The summed E-state index contributed by atoms with van der Waals surface area (Å²) in [7, 11) is 1.61. The molecule has 0 fully saturated rings. The van der Waals surface area contributed by atoms with Crippen LogP contribution in [0.1, 0.15) is 23.7 Å². The van der Waals surface area contributed by atoms with Crippen molar-refractivity contribution in [2.45, 2.75) is 19.4 Å². The van der Waals surface area contributed by atoms with E-state index in [4.69, 9.17) is 4.74 Å². The highest BCUT2D eigenvalue weighted by Crippen LogP contribution is 2.23. The van der Waals surface area contributed by atoms with Crippen molar-refractivity contribution in [2.24, 2.45) is 0 Å². The monoisotopic (exact) mass is 262 g/mol. The molecule has 1 atom stereocenters. The number of carbonyl (C=O) groups is 1. The number of halogens is 1. The van der Waals surface area contributed by atoms with Gasteiger partial charge in [0.1, 0.15) is 0 Å². The summed E-state index contributed by atoms with van der Waals surface area (Å²) < 4.78 is 5.91. The van der Waals surface area contributed by atoms with Crippen molar-refractivity contribution in [3.05, 3.63) is 20.8 Å². The Hall–Kier alpha value is -0.190. The van der Waals surface area contributed by atoms with Crippen molar-refractivity contribution in [3.8, 4) is 0 Å². The summed E-state index contributed by atoms with van der Waals surface area (Å²) in [5.74, 6) is 0.127. The summed E-state index contributed by atoms with van der Waals surface area (Å²) >= 11 is 4.85. The van der Waals surface area contributed by atoms with Gasteiger partial charge in [-0.15, -0.1) is 0 Å². The molecule has 0 aliphatic heterocycles. The standard InChI is InChI=1S/C9H11BrO2S/c1-6(12-2)3-9(11)7-4-13-5-8(7)10/h4-6H,3H2,1-2H3. The van der Waals surface area contributed by atoms with Gasteiger partial charge >= 0.3 is 0 Å². The zero-order valence-electron chi connectivity index (χ0n) is 7.54. The maximum absolute atomic E-state index is 11.6. The first-order valence-corrected chi connectivity index (χ1v) is 5.66. The average Bonchev–Trinajstić information content (AvgIpc) is 2.51. The van der Waals surface area contributed by atoms with Gasteiger partial charge in [-0.05, 0) is 22.9 Å². The van der Waals surface area contributed by atoms with Gasteiger partial charge in [-0.2, -0.15) is 11.3 Å². The van der Waals surface area contributed by atoms with E-state index in [1.165, 1.54) is 11.3 Å². The summed E-state index contributed by atoms with van der Waals surface area (Å²) in [5, 5.41) is 3.76. The van der Waals surface area contributed by atoms with E-state index >= 15 is 0 Å². The zero-order chi connectivity index (χ0) is 9.84. The van der Waals surface area contributed by atoms with Crippen LogP contribution in [0.5, 0.6) is 0 Å². The fraction of sp³-hybridized carbons (Fsp3) is 0.444. The van der Waals surface area contributed by atoms with Gasteiger partial charge in [-0.1, -0.05) is 0 Å². The highest BCUT2D eigenvalue weighted by Gasteiger charge is 2.13. The van der Waals surface area contributed by atoms with Crippen LogP contribution in [0.3, 0.4) is 0 Å². The molecule has 1 heterocycles. The van der Waals surface area contributed by atoms with Gasteiger partial charge in [-0.25, -0.2) is 0 Å². The molecule has 1 rings (SSSR count). The Morgan fingerprint density at radius 1 is 1.69 bits per heavy atom. The molecule has 0 amide bonds. The van der Waals surface area contributed by atoms with Crippen LogP contribution in [-0.2, 0) is 4.74 Å². The van der Waals surface area contributed by atoms with Crippen LogP contribution in [-0.4, -0.2) is 19.0 Å². The molecule has 13 heavy (non-hydrogen) atoms. The largest absolute Gasteiger partial charge is 0.381 e. The van der Waals surface area contributed by atoms with Crippen molar-refractivity contribution >= 4 is 33.0 Å². The fourth-order valence-corrected chi connectivity index (χ4v) is 2.45. The fourth-order valence-electron chi connectivity index (χ4n) is 0.935. The van der Waals surface area contributed by atoms with Crippen LogP contribution < -0.4 is 0 Å². The molecular weight excluding hydrogens is 252 g/mol. The molecule has 1 aromatic heterocycles. The summed E-state index contributed by atoms with van der Waals surface area (Å²) in [6.07, 6.45) is 0.422. The number of hydrogen-bond donors (Lipinski definition) is 0. The molecule has 0 saturated heterocycles. The lowest BCUT2D eigenvalue weighted by Crippen LogP contribution is -2.12. The highest BCUT2D eigenvalue weighted by molar-refractivity contribution is 9.10. The molecule has 1 unspecified atom stereocenters. The Balaban J connectivity index is 2.64. The maximum atomic E-state index is 11.6. The third kappa shape index (κ3) is 2.90. The third-order valence-electron chi connectivity index (χ3n) is 1.79. The molecule has 0 radical (unpaired) electrons. The Morgan fingerprint density at radius 3 is 2.85 bits per heavy atom. The van der Waals surface area contributed by atoms with Crippen molar-refractivity contribution in [1.29, 1.82) is 0 Å². The van der Waals surface area contributed by atoms with E-state index in [0.29, 0.717) is 6.42 Å². The van der Waals surface area contributed by atoms with Crippen molar-refractivity contribution in [3.63, 3.8) is 0 Å².